The molecule has 17 heavy (non-hydrogen) atoms. The van der Waals surface area contributed by atoms with Crippen molar-refractivity contribution in [3.63, 3.8) is 0 Å². The van der Waals surface area contributed by atoms with Crippen LogP contribution in [0.5, 0.6) is 5.75 Å². The monoisotopic (exact) mass is 299 g/mol. The van der Waals surface area contributed by atoms with Crippen LogP contribution in [0, 0.1) is 0 Å². The molecule has 0 saturated carbocycles. The second-order valence-electron chi connectivity index (χ2n) is 4.29. The first kappa shape index (κ1) is 14.5. The van der Waals surface area contributed by atoms with Gasteiger partial charge in [0.05, 0.1) is 4.47 Å². The van der Waals surface area contributed by atoms with Crippen LogP contribution in [-0.2, 0) is 0 Å². The molecule has 0 heterocycles. The molecule has 0 spiro atoms. The molecule has 0 N–H and O–H groups in total. The van der Waals surface area contributed by atoms with Gasteiger partial charge in [-0.1, -0.05) is 31.9 Å². The van der Waals surface area contributed by atoms with Gasteiger partial charge in [-0.15, -0.1) is 0 Å². The van der Waals surface area contributed by atoms with Crippen molar-refractivity contribution in [2.45, 2.75) is 26.2 Å². The van der Waals surface area contributed by atoms with Crippen molar-refractivity contribution >= 4 is 15.9 Å². The summed E-state index contributed by atoms with van der Waals surface area (Å²) in [5.74, 6) is 0.925. The van der Waals surface area contributed by atoms with E-state index < -0.39 is 0 Å². The van der Waals surface area contributed by atoms with Gasteiger partial charge in [0.15, 0.2) is 0 Å². The molecule has 1 aromatic carbocycles. The van der Waals surface area contributed by atoms with Gasteiger partial charge in [-0.3, -0.25) is 0 Å². The van der Waals surface area contributed by atoms with Gasteiger partial charge in [0.2, 0.25) is 0 Å². The number of halogens is 1. The van der Waals surface area contributed by atoms with Gasteiger partial charge in [0.1, 0.15) is 12.4 Å². The lowest BCUT2D eigenvalue weighted by molar-refractivity contribution is 0.234. The SMILES string of the molecule is CCCCCN(C)CCOc1ccccc1Br. The molecule has 96 valence electrons. The molecule has 0 unspecified atom stereocenters. The topological polar surface area (TPSA) is 12.5 Å². The van der Waals surface area contributed by atoms with E-state index in [1.807, 2.05) is 24.3 Å². The minimum atomic E-state index is 0.741. The third kappa shape index (κ3) is 6.08. The van der Waals surface area contributed by atoms with E-state index in [4.69, 9.17) is 4.74 Å². The third-order valence-corrected chi connectivity index (χ3v) is 3.37. The van der Waals surface area contributed by atoms with Crippen LogP contribution >= 0.6 is 15.9 Å². The van der Waals surface area contributed by atoms with Crippen molar-refractivity contribution in [1.29, 1.82) is 0 Å². The number of ether oxygens (including phenoxy) is 1. The Kier molecular flexibility index (Phi) is 7.29. The van der Waals surface area contributed by atoms with Crippen LogP contribution in [0.2, 0.25) is 0 Å². The normalized spacial score (nSPS) is 10.8. The fraction of sp³-hybridized carbons (Fsp3) is 0.571. The van der Waals surface area contributed by atoms with E-state index in [2.05, 4.69) is 34.8 Å². The Balaban J connectivity index is 2.17. The van der Waals surface area contributed by atoms with Crippen molar-refractivity contribution in [2.75, 3.05) is 26.7 Å². The standard InChI is InChI=1S/C14H22BrNO/c1-3-4-7-10-16(2)11-12-17-14-9-6-5-8-13(14)15/h5-6,8-9H,3-4,7,10-12H2,1-2H3. The maximum atomic E-state index is 5.73. The average molecular weight is 300 g/mol. The molecule has 0 fully saturated rings. The van der Waals surface area contributed by atoms with Crippen LogP contribution in [-0.4, -0.2) is 31.6 Å². The van der Waals surface area contributed by atoms with Gasteiger partial charge in [-0.25, -0.2) is 0 Å². The Morgan fingerprint density at radius 2 is 1.94 bits per heavy atom. The molecule has 0 radical (unpaired) electrons. The maximum Gasteiger partial charge on any atom is 0.133 e. The van der Waals surface area contributed by atoms with Crippen LogP contribution in [0.15, 0.2) is 28.7 Å². The van der Waals surface area contributed by atoms with Gasteiger partial charge in [0, 0.05) is 6.54 Å². The van der Waals surface area contributed by atoms with E-state index in [1.165, 1.54) is 19.3 Å². The predicted octanol–water partition coefficient (Wildman–Crippen LogP) is 3.95. The van der Waals surface area contributed by atoms with E-state index in [1.54, 1.807) is 0 Å². The molecule has 0 aromatic heterocycles. The number of hydrogen-bond donors (Lipinski definition) is 0. The van der Waals surface area contributed by atoms with Crippen LogP contribution < -0.4 is 4.74 Å². The highest BCUT2D eigenvalue weighted by molar-refractivity contribution is 9.10. The summed E-state index contributed by atoms with van der Waals surface area (Å²) in [7, 11) is 2.15. The fourth-order valence-electron chi connectivity index (χ4n) is 1.62. The summed E-state index contributed by atoms with van der Waals surface area (Å²) in [5.41, 5.74) is 0. The number of rotatable bonds is 8. The highest BCUT2D eigenvalue weighted by Crippen LogP contribution is 2.23. The minimum Gasteiger partial charge on any atom is -0.491 e. The number of para-hydroxylation sites is 1. The largest absolute Gasteiger partial charge is 0.491 e. The maximum absolute atomic E-state index is 5.73. The Labute approximate surface area is 113 Å². The number of nitrogens with zero attached hydrogens (tertiary/aromatic N) is 1. The second kappa shape index (κ2) is 8.54. The zero-order valence-corrected chi connectivity index (χ0v) is 12.4. The highest BCUT2D eigenvalue weighted by Gasteiger charge is 2.01. The number of benzene rings is 1. The van der Waals surface area contributed by atoms with Gasteiger partial charge in [-0.05, 0) is 48.1 Å². The van der Waals surface area contributed by atoms with E-state index in [0.29, 0.717) is 0 Å². The first-order valence-corrected chi connectivity index (χ1v) is 7.09. The summed E-state index contributed by atoms with van der Waals surface area (Å²) in [6, 6.07) is 7.97. The van der Waals surface area contributed by atoms with Gasteiger partial charge >= 0.3 is 0 Å². The van der Waals surface area contributed by atoms with Crippen molar-refractivity contribution in [3.05, 3.63) is 28.7 Å². The van der Waals surface area contributed by atoms with Crippen molar-refractivity contribution in [2.24, 2.45) is 0 Å². The molecular weight excluding hydrogens is 278 g/mol. The lowest BCUT2D eigenvalue weighted by Gasteiger charge is -2.17. The molecule has 0 aliphatic rings. The second-order valence-corrected chi connectivity index (χ2v) is 5.14. The number of likely N-dealkylation sites (N-methyl/N-ethyl adjacent to an activating group) is 1. The average Bonchev–Trinajstić information content (AvgIpc) is 2.32. The van der Waals surface area contributed by atoms with E-state index in [9.17, 15) is 0 Å². The molecule has 0 aliphatic carbocycles. The first-order chi connectivity index (χ1) is 8.24. The Bertz CT molecular complexity index is 317. The van der Waals surface area contributed by atoms with E-state index >= 15 is 0 Å². The molecule has 1 rings (SSSR count). The lowest BCUT2D eigenvalue weighted by atomic mass is 10.2. The molecule has 0 atom stereocenters. The molecule has 3 heteroatoms. The van der Waals surface area contributed by atoms with Crippen molar-refractivity contribution in [3.8, 4) is 5.75 Å². The molecule has 0 amide bonds. The Morgan fingerprint density at radius 3 is 2.65 bits per heavy atom. The predicted molar refractivity (Wildman–Crippen MR) is 76.7 cm³/mol. The highest BCUT2D eigenvalue weighted by atomic mass is 79.9. The van der Waals surface area contributed by atoms with Gasteiger partial charge in [0.25, 0.3) is 0 Å². The van der Waals surface area contributed by atoms with Crippen molar-refractivity contribution in [1.82, 2.24) is 4.90 Å². The Morgan fingerprint density at radius 1 is 1.18 bits per heavy atom. The summed E-state index contributed by atoms with van der Waals surface area (Å²) in [6.07, 6.45) is 3.87. The summed E-state index contributed by atoms with van der Waals surface area (Å²) in [4.78, 5) is 2.33. The summed E-state index contributed by atoms with van der Waals surface area (Å²) < 4.78 is 6.75. The van der Waals surface area contributed by atoms with Gasteiger partial charge in [-0.2, -0.15) is 0 Å². The number of unbranched alkanes of at least 4 members (excludes halogenated alkanes) is 2. The van der Waals surface area contributed by atoms with Crippen LogP contribution in [0.25, 0.3) is 0 Å². The first-order valence-electron chi connectivity index (χ1n) is 6.30. The zero-order valence-electron chi connectivity index (χ0n) is 10.8. The quantitative estimate of drug-likeness (QED) is 0.674. The van der Waals surface area contributed by atoms with E-state index in [0.717, 1.165) is 29.9 Å². The lowest BCUT2D eigenvalue weighted by Crippen LogP contribution is -2.25. The van der Waals surface area contributed by atoms with Crippen LogP contribution in [0.3, 0.4) is 0 Å². The molecule has 2 nitrogen and oxygen atoms in total. The molecule has 0 aliphatic heterocycles. The summed E-state index contributed by atoms with van der Waals surface area (Å²) >= 11 is 3.48. The molecule has 0 bridgehead atoms. The molecule has 1 aromatic rings. The van der Waals surface area contributed by atoms with Crippen molar-refractivity contribution < 1.29 is 4.74 Å². The molecule has 0 saturated heterocycles. The van der Waals surface area contributed by atoms with Gasteiger partial charge < -0.3 is 9.64 Å². The van der Waals surface area contributed by atoms with Crippen LogP contribution in [0.1, 0.15) is 26.2 Å². The Hall–Kier alpha value is -0.540. The fourth-order valence-corrected chi connectivity index (χ4v) is 2.02. The molecular formula is C14H22BrNO. The summed E-state index contributed by atoms with van der Waals surface area (Å²) in [6.45, 7) is 5.11. The summed E-state index contributed by atoms with van der Waals surface area (Å²) in [5, 5.41) is 0. The number of hydrogen-bond acceptors (Lipinski definition) is 2. The van der Waals surface area contributed by atoms with Crippen LogP contribution in [0.4, 0.5) is 0 Å². The third-order valence-electron chi connectivity index (χ3n) is 2.71. The van der Waals surface area contributed by atoms with E-state index in [-0.39, 0.29) is 0 Å². The minimum absolute atomic E-state index is 0.741. The zero-order chi connectivity index (χ0) is 12.5. The smallest absolute Gasteiger partial charge is 0.133 e.